The molecule has 8 heteroatoms. The lowest BCUT2D eigenvalue weighted by molar-refractivity contribution is -0.126. The van der Waals surface area contributed by atoms with Crippen LogP contribution in [-0.2, 0) is 60.3 Å². The van der Waals surface area contributed by atoms with Gasteiger partial charge in [0.05, 0.1) is 12.2 Å². The van der Waals surface area contributed by atoms with Gasteiger partial charge in [0, 0.05) is 31.3 Å². The van der Waals surface area contributed by atoms with Crippen molar-refractivity contribution in [3.8, 4) is 17.2 Å². The van der Waals surface area contributed by atoms with Crippen LogP contribution in [0.2, 0.25) is 0 Å². The molecule has 1 atom stereocenters. The molecule has 3 aliphatic rings. The number of carbonyl (C=O) groups is 1. The van der Waals surface area contributed by atoms with Gasteiger partial charge in [-0.1, -0.05) is 126 Å². The smallest absolute Gasteiger partial charge is 0.507 e. The Hall–Kier alpha value is -3.64. The number of phenols is 1. The molecule has 2 heterocycles. The maximum Gasteiger partial charge on any atom is 0.530 e. The molecule has 0 aromatic heterocycles. The Morgan fingerprint density at radius 2 is 1.07 bits per heavy atom. The zero-order chi connectivity index (χ0) is 43.1. The molecule has 2 aliphatic heterocycles. The van der Waals surface area contributed by atoms with Crippen LogP contribution in [0.25, 0.3) is 0 Å². The molecule has 3 aromatic rings. The number of ketones is 1. The predicted molar refractivity (Wildman–Crippen MR) is 235 cm³/mol. The van der Waals surface area contributed by atoms with Crippen LogP contribution < -0.4 is 9.26 Å². The lowest BCUT2D eigenvalue weighted by atomic mass is 9.73. The van der Waals surface area contributed by atoms with Crippen LogP contribution >= 0.6 is 7.82 Å². The van der Waals surface area contributed by atoms with Gasteiger partial charge in [0.2, 0.25) is 5.78 Å². The van der Waals surface area contributed by atoms with E-state index < -0.39 is 25.6 Å². The van der Waals surface area contributed by atoms with Crippen molar-refractivity contribution in [2.45, 2.75) is 171 Å². The third-order valence-electron chi connectivity index (χ3n) is 11.4. The van der Waals surface area contributed by atoms with Gasteiger partial charge >= 0.3 is 7.82 Å². The molecule has 7 nitrogen and oxygen atoms in total. The Labute approximate surface area is 348 Å². The number of rotatable bonds is 6. The van der Waals surface area contributed by atoms with Gasteiger partial charge < -0.3 is 14.4 Å². The Morgan fingerprint density at radius 3 is 1.53 bits per heavy atom. The number of ether oxygens (including phenoxy) is 1. The van der Waals surface area contributed by atoms with Crippen molar-refractivity contribution in [2.24, 2.45) is 5.41 Å². The lowest BCUT2D eigenvalue weighted by Crippen LogP contribution is -2.45. The first-order valence-electron chi connectivity index (χ1n) is 21.0. The summed E-state index contributed by atoms with van der Waals surface area (Å²) in [5.74, 6) is 1.12. The summed E-state index contributed by atoms with van der Waals surface area (Å²) in [6, 6.07) is 12.7. The van der Waals surface area contributed by atoms with E-state index in [4.69, 9.17) is 18.3 Å². The second-order valence-electron chi connectivity index (χ2n) is 21.5. The number of fused-ring (bicyclic) bond motifs is 5. The first-order chi connectivity index (χ1) is 26.5. The first-order valence-corrected chi connectivity index (χ1v) is 22.5. The molecule has 314 valence electrons. The predicted octanol–water partition coefficient (Wildman–Crippen LogP) is 12.5. The number of hydrogen-bond acceptors (Lipinski definition) is 7. The fraction of sp³-hybridized carbons (Fsp3) is 0.540. The monoisotopic (exact) mass is 810 g/mol. The molecule has 58 heavy (non-hydrogen) atoms. The average molecular weight is 811 g/mol. The molecule has 0 amide bonds. The van der Waals surface area contributed by atoms with Gasteiger partial charge in [-0.3, -0.25) is 13.8 Å². The standard InChI is InChI=1S/C50H67O7P/c1-29(2)55-58(53,56-30(3)4)57-44-34-18-32-21-38(46(5,6)7)20-31(42(32)51)17-33-22-40(48(11,12)13)26-37-27-50(54-43(33)37)28-41(49(14,15)16)25-36(45(50)52)19-35(44)24-39(23-34)47(8,9)10/h20-26,28-30,51H,17-19,27H2,1-16H3. The number of aromatic hydroxyl groups is 1. The minimum absolute atomic E-state index is 0.109. The van der Waals surface area contributed by atoms with Gasteiger partial charge in [-0.25, -0.2) is 4.57 Å². The summed E-state index contributed by atoms with van der Waals surface area (Å²) in [6.07, 6.45) is 4.36. The molecule has 1 N–H and O–H groups in total. The summed E-state index contributed by atoms with van der Waals surface area (Å²) in [5.41, 5.74) is 7.31. The molecule has 6 rings (SSSR count). The number of benzene rings is 3. The van der Waals surface area contributed by atoms with E-state index in [-0.39, 0.29) is 46.0 Å². The molecule has 7 bridgehead atoms. The Bertz CT molecular complexity index is 2230. The van der Waals surface area contributed by atoms with Gasteiger partial charge in [0.15, 0.2) is 5.60 Å². The Kier molecular flexibility index (Phi) is 11.2. The van der Waals surface area contributed by atoms with Crippen molar-refractivity contribution >= 4 is 13.6 Å². The zero-order valence-corrected chi connectivity index (χ0v) is 38.8. The number of phenolic OH excluding ortho intramolecular Hbond substituents is 1. The molecule has 0 fully saturated rings. The van der Waals surface area contributed by atoms with Crippen LogP contribution in [0.15, 0.2) is 59.7 Å². The zero-order valence-electron chi connectivity index (χ0n) is 37.9. The van der Waals surface area contributed by atoms with Crippen LogP contribution in [-0.4, -0.2) is 28.7 Å². The molecule has 0 radical (unpaired) electrons. The highest BCUT2D eigenvalue weighted by Crippen LogP contribution is 2.55. The van der Waals surface area contributed by atoms with Crippen molar-refractivity contribution in [2.75, 3.05) is 0 Å². The average Bonchev–Trinajstić information content (AvgIpc) is 3.42. The Balaban J connectivity index is 1.73. The molecule has 0 saturated heterocycles. The Morgan fingerprint density at radius 1 is 0.638 bits per heavy atom. The first kappa shape index (κ1) is 43.9. The van der Waals surface area contributed by atoms with Gasteiger partial charge in [-0.2, -0.15) is 0 Å². The SMILES string of the molecule is CC(C)OP(=O)(Oc1c2cc(C(C)(C)C)cc1Cc1cc(C(C)(C)C)cc(c1O)Cc1cc(C(C)(C)C)cc3c1OC1(C=C(C(C)(C)C)C=C(C2)C1=O)C3)OC(C)C. The van der Waals surface area contributed by atoms with E-state index in [2.05, 4.69) is 119 Å². The van der Waals surface area contributed by atoms with Crippen LogP contribution in [0, 0.1) is 5.41 Å². The minimum Gasteiger partial charge on any atom is -0.507 e. The molecular formula is C50H67O7P. The third-order valence-corrected chi connectivity index (χ3v) is 13.1. The molecule has 0 saturated carbocycles. The number of allylic oxidation sites excluding steroid dienone is 2. The summed E-state index contributed by atoms with van der Waals surface area (Å²) in [6.45, 7) is 33.2. The molecule has 3 aromatic carbocycles. The lowest BCUT2D eigenvalue weighted by Gasteiger charge is -2.34. The maximum atomic E-state index is 15.3. The summed E-state index contributed by atoms with van der Waals surface area (Å²) in [4.78, 5) is 15.3. The summed E-state index contributed by atoms with van der Waals surface area (Å²) >= 11 is 0. The minimum atomic E-state index is -4.22. The van der Waals surface area contributed by atoms with Gasteiger partial charge in [0.1, 0.15) is 17.2 Å². The number of Topliss-reactive ketones (excluding diaryl/α,β-unsaturated/α-hetero) is 1. The second-order valence-corrected chi connectivity index (χ2v) is 23.0. The highest BCUT2D eigenvalue weighted by molar-refractivity contribution is 7.49. The van der Waals surface area contributed by atoms with E-state index in [1.54, 1.807) is 27.7 Å². The highest BCUT2D eigenvalue weighted by atomic mass is 31.2. The number of phosphoric ester groups is 1. The van der Waals surface area contributed by atoms with E-state index in [1.165, 1.54) is 0 Å². The van der Waals surface area contributed by atoms with Crippen LogP contribution in [0.5, 0.6) is 17.2 Å². The van der Waals surface area contributed by atoms with Crippen molar-refractivity contribution in [1.82, 2.24) is 0 Å². The molecule has 1 spiro atoms. The van der Waals surface area contributed by atoms with E-state index in [0.29, 0.717) is 41.0 Å². The number of carbonyl (C=O) groups excluding carboxylic acids is 1. The summed E-state index contributed by atoms with van der Waals surface area (Å²) < 4.78 is 40.4. The van der Waals surface area contributed by atoms with Gasteiger partial charge in [0.25, 0.3) is 0 Å². The van der Waals surface area contributed by atoms with Gasteiger partial charge in [-0.15, -0.1) is 0 Å². The molecule has 1 unspecified atom stereocenters. The van der Waals surface area contributed by atoms with Crippen molar-refractivity contribution < 1.29 is 32.8 Å². The highest BCUT2D eigenvalue weighted by Gasteiger charge is 2.50. The van der Waals surface area contributed by atoms with E-state index in [0.717, 1.165) is 44.5 Å². The molecule has 1 aliphatic carbocycles. The summed E-state index contributed by atoms with van der Waals surface area (Å²) in [7, 11) is -4.22. The third kappa shape index (κ3) is 8.93. The van der Waals surface area contributed by atoms with Gasteiger partial charge in [-0.05, 0) is 111 Å². The van der Waals surface area contributed by atoms with Crippen molar-refractivity contribution in [3.05, 3.63) is 110 Å². The second kappa shape index (κ2) is 14.8. The summed E-state index contributed by atoms with van der Waals surface area (Å²) in [5, 5.41) is 12.4. The van der Waals surface area contributed by atoms with E-state index in [1.807, 2.05) is 12.2 Å². The fourth-order valence-electron chi connectivity index (χ4n) is 8.08. The van der Waals surface area contributed by atoms with E-state index in [9.17, 15) is 9.67 Å². The molecular weight excluding hydrogens is 744 g/mol. The van der Waals surface area contributed by atoms with Crippen molar-refractivity contribution in [3.63, 3.8) is 0 Å². The topological polar surface area (TPSA) is 91.3 Å². The van der Waals surface area contributed by atoms with Crippen molar-refractivity contribution in [1.29, 1.82) is 0 Å². The van der Waals surface area contributed by atoms with Crippen LogP contribution in [0.1, 0.15) is 161 Å². The normalized spacial score (nSPS) is 18.8. The fourth-order valence-corrected chi connectivity index (χ4v) is 9.71. The van der Waals surface area contributed by atoms with Crippen LogP contribution in [0.4, 0.5) is 0 Å². The quantitative estimate of drug-likeness (QED) is 0.248. The maximum absolute atomic E-state index is 15.3. The number of hydrogen-bond donors (Lipinski definition) is 1. The largest absolute Gasteiger partial charge is 0.530 e. The van der Waals surface area contributed by atoms with Crippen LogP contribution in [0.3, 0.4) is 0 Å². The number of phosphoric acid groups is 1. The van der Waals surface area contributed by atoms with E-state index >= 15 is 4.79 Å².